The molecule has 1 aromatic rings. The van der Waals surface area contributed by atoms with E-state index in [1.54, 1.807) is 16.0 Å². The van der Waals surface area contributed by atoms with Crippen molar-refractivity contribution in [1.29, 1.82) is 0 Å². The maximum absolute atomic E-state index is 3.49. The van der Waals surface area contributed by atoms with E-state index in [-0.39, 0.29) is 0 Å². The predicted octanol–water partition coefficient (Wildman–Crippen LogP) is 3.13. The minimum Gasteiger partial charge on any atom is -0.313 e. The molecule has 1 heterocycles. The normalized spacial score (nSPS) is 15.5. The fraction of sp³-hybridized carbons (Fsp3) is 0.667. The molecule has 2 heteroatoms. The maximum Gasteiger partial charge on any atom is 0.0216 e. The van der Waals surface area contributed by atoms with Crippen LogP contribution >= 0.6 is 11.3 Å². The van der Waals surface area contributed by atoms with Gasteiger partial charge in [0.25, 0.3) is 0 Å². The Morgan fingerprint density at radius 3 is 3.07 bits per heavy atom. The Morgan fingerprint density at radius 2 is 2.21 bits per heavy atom. The van der Waals surface area contributed by atoms with Gasteiger partial charge in [0.2, 0.25) is 0 Å². The molecular weight excluding hydrogens is 190 g/mol. The van der Waals surface area contributed by atoms with Crippen LogP contribution in [0, 0.1) is 0 Å². The average Bonchev–Trinajstić information content (AvgIpc) is 2.63. The summed E-state index contributed by atoms with van der Waals surface area (Å²) >= 11 is 1.97. The fourth-order valence-electron chi connectivity index (χ4n) is 2.11. The lowest BCUT2D eigenvalue weighted by atomic mass is 9.96. The highest BCUT2D eigenvalue weighted by atomic mass is 32.1. The lowest BCUT2D eigenvalue weighted by molar-refractivity contribution is 0.653. The third-order valence-corrected chi connectivity index (χ3v) is 4.03. The molecule has 14 heavy (non-hydrogen) atoms. The van der Waals surface area contributed by atoms with Crippen molar-refractivity contribution >= 4 is 11.3 Å². The zero-order valence-corrected chi connectivity index (χ0v) is 9.75. The lowest BCUT2D eigenvalue weighted by Crippen LogP contribution is -2.15. The van der Waals surface area contributed by atoms with Crippen LogP contribution in [0.15, 0.2) is 5.38 Å². The Balaban J connectivity index is 1.99. The van der Waals surface area contributed by atoms with Crippen LogP contribution in [0.1, 0.15) is 42.2 Å². The van der Waals surface area contributed by atoms with E-state index in [9.17, 15) is 0 Å². The van der Waals surface area contributed by atoms with Gasteiger partial charge in [-0.25, -0.2) is 0 Å². The largest absolute Gasteiger partial charge is 0.313 e. The van der Waals surface area contributed by atoms with Crippen LogP contribution in [0.3, 0.4) is 0 Å². The first-order valence-electron chi connectivity index (χ1n) is 5.70. The lowest BCUT2D eigenvalue weighted by Gasteiger charge is -2.12. The molecule has 0 saturated heterocycles. The molecule has 0 fully saturated rings. The molecule has 1 aliphatic rings. The van der Waals surface area contributed by atoms with Crippen molar-refractivity contribution in [2.45, 2.75) is 45.6 Å². The number of hydrogen-bond acceptors (Lipinski definition) is 2. The van der Waals surface area contributed by atoms with Gasteiger partial charge in [-0.1, -0.05) is 6.92 Å². The van der Waals surface area contributed by atoms with Crippen molar-refractivity contribution in [3.63, 3.8) is 0 Å². The van der Waals surface area contributed by atoms with Crippen molar-refractivity contribution in [3.05, 3.63) is 21.4 Å². The summed E-state index contributed by atoms with van der Waals surface area (Å²) in [4.78, 5) is 1.66. The Hall–Kier alpha value is -0.340. The van der Waals surface area contributed by atoms with Crippen LogP contribution in [-0.4, -0.2) is 6.54 Å². The SMILES string of the molecule is CCCNCc1csc2c1CCCC2. The highest BCUT2D eigenvalue weighted by molar-refractivity contribution is 7.10. The Bertz CT molecular complexity index is 291. The first kappa shape index (κ1) is 10.2. The summed E-state index contributed by atoms with van der Waals surface area (Å²) in [5, 5.41) is 5.85. The molecule has 0 aliphatic heterocycles. The highest BCUT2D eigenvalue weighted by Crippen LogP contribution is 2.29. The van der Waals surface area contributed by atoms with Gasteiger partial charge in [0.15, 0.2) is 0 Å². The average molecular weight is 209 g/mol. The Morgan fingerprint density at radius 1 is 1.36 bits per heavy atom. The van der Waals surface area contributed by atoms with Crippen LogP contribution in [0.2, 0.25) is 0 Å². The molecule has 0 saturated carbocycles. The van der Waals surface area contributed by atoms with Gasteiger partial charge in [-0.2, -0.15) is 0 Å². The van der Waals surface area contributed by atoms with Crippen LogP contribution in [0.25, 0.3) is 0 Å². The van der Waals surface area contributed by atoms with Crippen LogP contribution in [0.4, 0.5) is 0 Å². The molecule has 0 unspecified atom stereocenters. The molecule has 1 aromatic heterocycles. The molecule has 0 radical (unpaired) electrons. The molecule has 0 spiro atoms. The molecule has 0 atom stereocenters. The predicted molar refractivity (Wildman–Crippen MR) is 63.0 cm³/mol. The summed E-state index contributed by atoms with van der Waals surface area (Å²) in [6.45, 7) is 4.44. The smallest absolute Gasteiger partial charge is 0.0216 e. The Labute approximate surface area is 90.5 Å². The van der Waals surface area contributed by atoms with Gasteiger partial charge in [-0.15, -0.1) is 11.3 Å². The zero-order valence-electron chi connectivity index (χ0n) is 8.94. The number of aryl methyl sites for hydroxylation is 1. The van der Waals surface area contributed by atoms with Gasteiger partial charge in [-0.3, -0.25) is 0 Å². The van der Waals surface area contributed by atoms with Crippen molar-refractivity contribution in [2.75, 3.05) is 6.54 Å². The van der Waals surface area contributed by atoms with Crippen molar-refractivity contribution < 1.29 is 0 Å². The number of nitrogens with one attached hydrogen (secondary N) is 1. The van der Waals surface area contributed by atoms with Crippen LogP contribution < -0.4 is 5.32 Å². The second-order valence-corrected chi connectivity index (χ2v) is 5.01. The van der Waals surface area contributed by atoms with Gasteiger partial charge in [-0.05, 0) is 55.2 Å². The van der Waals surface area contributed by atoms with Gasteiger partial charge in [0.05, 0.1) is 0 Å². The first-order valence-corrected chi connectivity index (χ1v) is 6.58. The van der Waals surface area contributed by atoms with Crippen LogP contribution in [-0.2, 0) is 19.4 Å². The topological polar surface area (TPSA) is 12.0 Å². The first-order chi connectivity index (χ1) is 6.92. The number of fused-ring (bicyclic) bond motifs is 1. The maximum atomic E-state index is 3.49. The minimum atomic E-state index is 1.08. The molecule has 0 amide bonds. The van der Waals surface area contributed by atoms with Gasteiger partial charge >= 0.3 is 0 Å². The molecular formula is C12H19NS. The molecule has 0 bridgehead atoms. The number of hydrogen-bond donors (Lipinski definition) is 1. The summed E-state index contributed by atoms with van der Waals surface area (Å²) < 4.78 is 0. The van der Waals surface area contributed by atoms with E-state index < -0.39 is 0 Å². The van der Waals surface area contributed by atoms with Crippen molar-refractivity contribution in [3.8, 4) is 0 Å². The highest BCUT2D eigenvalue weighted by Gasteiger charge is 2.14. The van der Waals surface area contributed by atoms with E-state index in [0.29, 0.717) is 0 Å². The van der Waals surface area contributed by atoms with E-state index >= 15 is 0 Å². The summed E-state index contributed by atoms with van der Waals surface area (Å²) in [7, 11) is 0. The molecule has 1 N–H and O–H groups in total. The fourth-order valence-corrected chi connectivity index (χ4v) is 3.26. The summed E-state index contributed by atoms with van der Waals surface area (Å²) in [6.07, 6.45) is 6.67. The van der Waals surface area contributed by atoms with E-state index in [2.05, 4.69) is 17.6 Å². The standard InChI is InChI=1S/C12H19NS/c1-2-7-13-8-10-9-14-12-6-4-3-5-11(10)12/h9,13H,2-8H2,1H3. The third-order valence-electron chi connectivity index (χ3n) is 2.89. The quantitative estimate of drug-likeness (QED) is 0.751. The molecule has 2 rings (SSSR count). The molecule has 0 aromatic carbocycles. The number of rotatable bonds is 4. The van der Waals surface area contributed by atoms with Crippen molar-refractivity contribution in [1.82, 2.24) is 5.32 Å². The monoisotopic (exact) mass is 209 g/mol. The Kier molecular flexibility index (Phi) is 3.60. The van der Waals surface area contributed by atoms with E-state index in [4.69, 9.17) is 0 Å². The summed E-state index contributed by atoms with van der Waals surface area (Å²) in [6, 6.07) is 0. The second kappa shape index (κ2) is 4.94. The minimum absolute atomic E-state index is 1.08. The zero-order chi connectivity index (χ0) is 9.80. The molecule has 1 aliphatic carbocycles. The van der Waals surface area contributed by atoms with E-state index in [1.807, 2.05) is 11.3 Å². The van der Waals surface area contributed by atoms with Crippen molar-refractivity contribution in [2.24, 2.45) is 0 Å². The molecule has 78 valence electrons. The van der Waals surface area contributed by atoms with E-state index in [0.717, 1.165) is 13.1 Å². The number of thiophene rings is 1. The molecule has 1 nitrogen and oxygen atoms in total. The van der Waals surface area contributed by atoms with E-state index in [1.165, 1.54) is 32.1 Å². The van der Waals surface area contributed by atoms with Gasteiger partial charge in [0.1, 0.15) is 0 Å². The van der Waals surface area contributed by atoms with Crippen LogP contribution in [0.5, 0.6) is 0 Å². The van der Waals surface area contributed by atoms with Gasteiger partial charge < -0.3 is 5.32 Å². The second-order valence-electron chi connectivity index (χ2n) is 4.05. The van der Waals surface area contributed by atoms with Gasteiger partial charge in [0, 0.05) is 11.4 Å². The third kappa shape index (κ3) is 2.18. The summed E-state index contributed by atoms with van der Waals surface area (Å²) in [5.41, 5.74) is 3.24. The summed E-state index contributed by atoms with van der Waals surface area (Å²) in [5.74, 6) is 0.